The number of carbonyl (C=O) groups excluding carboxylic acids is 3. The van der Waals surface area contributed by atoms with Crippen LogP contribution in [0.25, 0.3) is 0 Å². The molecule has 0 aromatic rings. The van der Waals surface area contributed by atoms with Gasteiger partial charge in [-0.15, -0.1) is 0 Å². The Morgan fingerprint density at radius 2 is 0.568 bits per heavy atom. The highest BCUT2D eigenvalue weighted by atomic mass is 16.6. The fraction of sp³-hybridized carbons (Fsp3) is 0.809. The fourth-order valence-electron chi connectivity index (χ4n) is 9.44. The molecule has 0 saturated carbocycles. The largest absolute Gasteiger partial charge is 0.462 e. The minimum atomic E-state index is -0.813. The summed E-state index contributed by atoms with van der Waals surface area (Å²) >= 11 is 0. The van der Waals surface area contributed by atoms with Crippen LogP contribution in [0, 0.1) is 0 Å². The van der Waals surface area contributed by atoms with Crippen LogP contribution in [0.15, 0.2) is 60.8 Å². The summed E-state index contributed by atoms with van der Waals surface area (Å²) in [6.07, 6.45) is 80.0. The molecule has 1 unspecified atom stereocenters. The maximum Gasteiger partial charge on any atom is 0.306 e. The molecule has 0 aliphatic carbocycles. The molecule has 0 amide bonds. The van der Waals surface area contributed by atoms with Gasteiger partial charge in [-0.05, 0) is 64.2 Å². The molecule has 1 atom stereocenters. The van der Waals surface area contributed by atoms with Crippen molar-refractivity contribution in [1.29, 1.82) is 0 Å². The van der Waals surface area contributed by atoms with Crippen LogP contribution in [0.4, 0.5) is 0 Å². The lowest BCUT2D eigenvalue weighted by molar-refractivity contribution is -0.166. The third-order valence-electron chi connectivity index (χ3n) is 14.3. The maximum absolute atomic E-state index is 12.8. The average Bonchev–Trinajstić information content (AvgIpc) is 3.40. The normalized spacial score (nSPS) is 12.4. The highest BCUT2D eigenvalue weighted by molar-refractivity contribution is 5.71. The molecule has 0 aliphatic heterocycles. The standard InChI is InChI=1S/C68H122O6/c1-4-7-10-13-16-19-22-24-25-26-27-28-29-30-31-32-33-34-35-36-37-38-39-40-41-42-44-46-49-52-55-58-61-67(70)73-64-65(63-72-66(69)60-57-54-51-48-45-21-18-15-12-9-6-3)74-68(71)62-59-56-53-50-47-43-23-20-17-14-11-8-5-2/h8,11,15,17-18,20,43,47,53,56,65H,4-7,9-10,12-14,16,19,21-42,44-46,48-52,54-55,57-64H2,1-3H3/b11-8-,18-15-,20-17-,47-43-,56-53-. The molecule has 0 bridgehead atoms. The lowest BCUT2D eigenvalue weighted by Gasteiger charge is -2.18. The van der Waals surface area contributed by atoms with Crippen molar-refractivity contribution in [2.75, 3.05) is 13.2 Å². The Labute approximate surface area is 460 Å². The molecule has 0 fully saturated rings. The van der Waals surface area contributed by atoms with Crippen LogP contribution in [0.2, 0.25) is 0 Å². The van der Waals surface area contributed by atoms with Gasteiger partial charge in [-0.2, -0.15) is 0 Å². The predicted octanol–water partition coefficient (Wildman–Crippen LogP) is 21.9. The van der Waals surface area contributed by atoms with Gasteiger partial charge in [0.1, 0.15) is 13.2 Å². The summed E-state index contributed by atoms with van der Waals surface area (Å²) in [5, 5.41) is 0. The maximum atomic E-state index is 12.8. The molecule has 6 nitrogen and oxygen atoms in total. The first-order chi connectivity index (χ1) is 36.5. The summed E-state index contributed by atoms with van der Waals surface area (Å²) in [7, 11) is 0. The van der Waals surface area contributed by atoms with Gasteiger partial charge in [0.15, 0.2) is 6.10 Å². The summed E-state index contributed by atoms with van der Waals surface area (Å²) in [4.78, 5) is 38.1. The predicted molar refractivity (Wildman–Crippen MR) is 321 cm³/mol. The van der Waals surface area contributed by atoms with Crippen molar-refractivity contribution in [2.45, 2.75) is 341 Å². The number of unbranched alkanes of at least 4 members (excludes halogenated alkanes) is 38. The summed E-state index contributed by atoms with van der Waals surface area (Å²) < 4.78 is 16.8. The van der Waals surface area contributed by atoms with Gasteiger partial charge in [-0.3, -0.25) is 14.4 Å². The number of carbonyl (C=O) groups is 3. The smallest absolute Gasteiger partial charge is 0.306 e. The quantitative estimate of drug-likeness (QED) is 0.0261. The molecule has 0 heterocycles. The van der Waals surface area contributed by atoms with Crippen LogP contribution in [0.3, 0.4) is 0 Å². The number of hydrogen-bond donors (Lipinski definition) is 0. The van der Waals surface area contributed by atoms with Crippen LogP contribution in [0.5, 0.6) is 0 Å². The molecular formula is C68H122O6. The Morgan fingerprint density at radius 3 is 0.919 bits per heavy atom. The van der Waals surface area contributed by atoms with E-state index in [1.807, 2.05) is 6.08 Å². The zero-order chi connectivity index (χ0) is 53.6. The molecule has 6 heteroatoms. The van der Waals surface area contributed by atoms with Crippen molar-refractivity contribution >= 4 is 17.9 Å². The molecule has 430 valence electrons. The van der Waals surface area contributed by atoms with E-state index in [2.05, 4.69) is 75.5 Å². The summed E-state index contributed by atoms with van der Waals surface area (Å²) in [5.74, 6) is -0.984. The Kier molecular flexibility index (Phi) is 60.2. The molecule has 0 N–H and O–H groups in total. The van der Waals surface area contributed by atoms with E-state index in [0.29, 0.717) is 19.3 Å². The van der Waals surface area contributed by atoms with Gasteiger partial charge in [-0.1, -0.05) is 313 Å². The Balaban J connectivity index is 4.07. The third kappa shape index (κ3) is 60.0. The van der Waals surface area contributed by atoms with Crippen LogP contribution in [-0.2, 0) is 28.6 Å². The van der Waals surface area contributed by atoms with Crippen molar-refractivity contribution in [3.63, 3.8) is 0 Å². The number of rotatable bonds is 59. The number of hydrogen-bond acceptors (Lipinski definition) is 6. The molecule has 74 heavy (non-hydrogen) atoms. The van der Waals surface area contributed by atoms with Gasteiger partial charge in [-0.25, -0.2) is 0 Å². The second kappa shape index (κ2) is 62.6. The zero-order valence-electron chi connectivity index (χ0n) is 49.4. The van der Waals surface area contributed by atoms with Crippen LogP contribution in [0.1, 0.15) is 335 Å². The highest BCUT2D eigenvalue weighted by Crippen LogP contribution is 2.18. The van der Waals surface area contributed by atoms with Gasteiger partial charge >= 0.3 is 17.9 Å². The second-order valence-electron chi connectivity index (χ2n) is 21.6. The molecule has 0 aliphatic rings. The Hall–Kier alpha value is -2.89. The topological polar surface area (TPSA) is 78.9 Å². The van der Waals surface area contributed by atoms with E-state index in [9.17, 15) is 14.4 Å². The van der Waals surface area contributed by atoms with E-state index in [0.717, 1.165) is 77.0 Å². The molecule has 0 spiro atoms. The van der Waals surface area contributed by atoms with E-state index in [4.69, 9.17) is 14.2 Å². The van der Waals surface area contributed by atoms with E-state index >= 15 is 0 Å². The molecule has 0 aromatic carbocycles. The first-order valence-corrected chi connectivity index (χ1v) is 32.3. The minimum absolute atomic E-state index is 0.103. The van der Waals surface area contributed by atoms with Gasteiger partial charge in [0.05, 0.1) is 0 Å². The Bertz CT molecular complexity index is 1330. The van der Waals surface area contributed by atoms with Gasteiger partial charge < -0.3 is 14.2 Å². The van der Waals surface area contributed by atoms with E-state index < -0.39 is 6.10 Å². The first kappa shape index (κ1) is 71.1. The summed E-state index contributed by atoms with van der Waals surface area (Å²) in [5.41, 5.74) is 0. The Morgan fingerprint density at radius 1 is 0.284 bits per heavy atom. The highest BCUT2D eigenvalue weighted by Gasteiger charge is 2.19. The molecule has 0 aromatic heterocycles. The molecule has 0 rings (SSSR count). The number of ether oxygens (including phenoxy) is 3. The fourth-order valence-corrected chi connectivity index (χ4v) is 9.44. The van der Waals surface area contributed by atoms with Gasteiger partial charge in [0.25, 0.3) is 0 Å². The zero-order valence-corrected chi connectivity index (χ0v) is 49.4. The number of esters is 3. The third-order valence-corrected chi connectivity index (χ3v) is 14.3. The van der Waals surface area contributed by atoms with Crippen molar-refractivity contribution in [3.05, 3.63) is 60.8 Å². The van der Waals surface area contributed by atoms with Gasteiger partial charge in [0.2, 0.25) is 0 Å². The second-order valence-corrected chi connectivity index (χ2v) is 21.6. The van der Waals surface area contributed by atoms with Crippen molar-refractivity contribution in [3.8, 4) is 0 Å². The monoisotopic (exact) mass is 1030 g/mol. The SMILES string of the molecule is CC/C=C\C/C=C\C/C=C\C/C=C\CCC(=O)OC(COC(=O)CCCCCCC/C=C\CCCC)COC(=O)CCCCCCCCCCCCCCCCCCCCCCCCCCCCCCCCCC. The van der Waals surface area contributed by atoms with Crippen LogP contribution >= 0.6 is 0 Å². The van der Waals surface area contributed by atoms with E-state index in [1.165, 1.54) is 212 Å². The van der Waals surface area contributed by atoms with Gasteiger partial charge in [0, 0.05) is 19.3 Å². The van der Waals surface area contributed by atoms with Crippen molar-refractivity contribution < 1.29 is 28.6 Å². The lowest BCUT2D eigenvalue weighted by Crippen LogP contribution is -2.30. The lowest BCUT2D eigenvalue weighted by atomic mass is 10.0. The summed E-state index contributed by atoms with van der Waals surface area (Å²) in [6, 6.07) is 0. The van der Waals surface area contributed by atoms with E-state index in [-0.39, 0.29) is 37.5 Å². The van der Waals surface area contributed by atoms with Crippen molar-refractivity contribution in [1.82, 2.24) is 0 Å². The van der Waals surface area contributed by atoms with Crippen LogP contribution < -0.4 is 0 Å². The first-order valence-electron chi connectivity index (χ1n) is 32.3. The minimum Gasteiger partial charge on any atom is -0.462 e. The summed E-state index contributed by atoms with van der Waals surface area (Å²) in [6.45, 7) is 6.45. The average molecular weight is 1040 g/mol. The molecule has 0 saturated heterocycles. The molecular weight excluding hydrogens is 913 g/mol. The molecule has 0 radical (unpaired) electrons. The van der Waals surface area contributed by atoms with Crippen molar-refractivity contribution in [2.24, 2.45) is 0 Å². The van der Waals surface area contributed by atoms with E-state index in [1.54, 1.807) is 0 Å². The van der Waals surface area contributed by atoms with Crippen LogP contribution in [-0.4, -0.2) is 37.2 Å². The number of allylic oxidation sites excluding steroid dienone is 10.